The highest BCUT2D eigenvalue weighted by molar-refractivity contribution is 5.68. The maximum absolute atomic E-state index is 10.7. The number of hydrogen-bond acceptors (Lipinski definition) is 4. The Kier molecular flexibility index (Phi) is 3.36. The minimum Gasteiger partial charge on any atom is -0.481 e. The van der Waals surface area contributed by atoms with Gasteiger partial charge in [0.15, 0.2) is 5.82 Å². The second-order valence-corrected chi connectivity index (χ2v) is 4.23. The molecule has 2 rings (SSSR count). The lowest BCUT2D eigenvalue weighted by Crippen LogP contribution is -2.04. The van der Waals surface area contributed by atoms with Crippen LogP contribution in [0.5, 0.6) is 0 Å². The fraction of sp³-hybridized carbons (Fsp3) is 0.333. The molecule has 1 N–H and O–H groups in total. The zero-order valence-electron chi connectivity index (χ0n) is 10.2. The van der Waals surface area contributed by atoms with Gasteiger partial charge in [-0.15, -0.1) is 5.10 Å². The third-order valence-corrected chi connectivity index (χ3v) is 2.81. The zero-order chi connectivity index (χ0) is 13.1. The number of nitrogens with zero attached hydrogens (tertiary/aromatic N) is 4. The van der Waals surface area contributed by atoms with E-state index in [0.717, 1.165) is 11.3 Å². The summed E-state index contributed by atoms with van der Waals surface area (Å²) in [4.78, 5) is 10.7. The summed E-state index contributed by atoms with van der Waals surface area (Å²) in [7, 11) is 0. The summed E-state index contributed by atoms with van der Waals surface area (Å²) in [5.74, 6) is -0.0873. The lowest BCUT2D eigenvalue weighted by Gasteiger charge is -2.10. The number of hydrogen-bond donors (Lipinski definition) is 1. The van der Waals surface area contributed by atoms with E-state index in [1.165, 1.54) is 0 Å². The van der Waals surface area contributed by atoms with Crippen LogP contribution in [0.15, 0.2) is 24.3 Å². The summed E-state index contributed by atoms with van der Waals surface area (Å²) >= 11 is 0. The van der Waals surface area contributed by atoms with Gasteiger partial charge < -0.3 is 5.11 Å². The lowest BCUT2D eigenvalue weighted by atomic mass is 9.98. The molecule has 0 amide bonds. The summed E-state index contributed by atoms with van der Waals surface area (Å²) in [5.41, 5.74) is 1.86. The molecule has 94 valence electrons. The van der Waals surface area contributed by atoms with Gasteiger partial charge in [0.2, 0.25) is 0 Å². The second kappa shape index (κ2) is 4.95. The number of benzene rings is 1. The number of carbonyl (C=O) groups is 1. The number of aromatic nitrogens is 4. The van der Waals surface area contributed by atoms with Crippen molar-refractivity contribution in [3.8, 4) is 5.69 Å². The molecule has 0 aliphatic carbocycles. The van der Waals surface area contributed by atoms with Gasteiger partial charge in [-0.1, -0.05) is 19.1 Å². The van der Waals surface area contributed by atoms with Crippen molar-refractivity contribution < 1.29 is 9.90 Å². The van der Waals surface area contributed by atoms with Gasteiger partial charge in [-0.25, -0.2) is 0 Å². The molecular weight excluding hydrogens is 232 g/mol. The maximum Gasteiger partial charge on any atom is 0.303 e. The van der Waals surface area contributed by atoms with Crippen LogP contribution in [-0.2, 0) is 4.79 Å². The van der Waals surface area contributed by atoms with Gasteiger partial charge in [0.05, 0.1) is 12.1 Å². The van der Waals surface area contributed by atoms with Crippen LogP contribution in [-0.4, -0.2) is 31.3 Å². The van der Waals surface area contributed by atoms with E-state index in [-0.39, 0.29) is 12.3 Å². The molecule has 6 nitrogen and oxygen atoms in total. The molecule has 6 heteroatoms. The predicted octanol–water partition coefficient (Wildman–Crippen LogP) is 1.55. The monoisotopic (exact) mass is 246 g/mol. The van der Waals surface area contributed by atoms with E-state index in [2.05, 4.69) is 15.5 Å². The number of aliphatic carboxylic acids is 1. The summed E-state index contributed by atoms with van der Waals surface area (Å²) in [6.07, 6.45) is 0.128. The highest BCUT2D eigenvalue weighted by Gasteiger charge is 2.10. The molecule has 0 aliphatic heterocycles. The van der Waals surface area contributed by atoms with Crippen molar-refractivity contribution >= 4 is 5.97 Å². The van der Waals surface area contributed by atoms with Crippen LogP contribution >= 0.6 is 0 Å². The molecule has 0 saturated carbocycles. The molecule has 2 aromatic rings. The van der Waals surface area contributed by atoms with Crippen LogP contribution in [0, 0.1) is 6.92 Å². The molecule has 1 unspecified atom stereocenters. The van der Waals surface area contributed by atoms with Crippen LogP contribution in [0.25, 0.3) is 5.69 Å². The first-order valence-electron chi connectivity index (χ1n) is 5.65. The Morgan fingerprint density at radius 1 is 1.39 bits per heavy atom. The fourth-order valence-electron chi connectivity index (χ4n) is 1.79. The number of aryl methyl sites for hydroxylation is 1. The molecule has 0 spiro atoms. The van der Waals surface area contributed by atoms with Crippen molar-refractivity contribution in [1.82, 2.24) is 20.2 Å². The van der Waals surface area contributed by atoms with Crippen LogP contribution in [0.4, 0.5) is 0 Å². The number of carboxylic acid groups (broad SMARTS) is 1. The Bertz CT molecular complexity index is 547. The molecule has 0 aliphatic rings. The fourth-order valence-corrected chi connectivity index (χ4v) is 1.79. The third kappa shape index (κ3) is 2.53. The smallest absolute Gasteiger partial charge is 0.303 e. The molecule has 1 aromatic carbocycles. The average Bonchev–Trinajstić information content (AvgIpc) is 2.75. The molecule has 1 heterocycles. The number of tetrazole rings is 1. The van der Waals surface area contributed by atoms with Gasteiger partial charge in [-0.3, -0.25) is 4.79 Å². The first-order valence-corrected chi connectivity index (χ1v) is 5.65. The Labute approximate surface area is 104 Å². The molecule has 1 atom stereocenters. The standard InChI is InChI=1S/C12H14N4O2/c1-8(7-12(17)18)10-3-5-11(6-4-10)16-9(2)13-14-15-16/h3-6,8H,7H2,1-2H3,(H,17,18). The van der Waals surface area contributed by atoms with Crippen LogP contribution in [0.1, 0.15) is 30.7 Å². The Morgan fingerprint density at radius 2 is 2.06 bits per heavy atom. The molecule has 0 fully saturated rings. The van der Waals surface area contributed by atoms with Crippen molar-refractivity contribution in [3.05, 3.63) is 35.7 Å². The van der Waals surface area contributed by atoms with Crippen molar-refractivity contribution in [2.45, 2.75) is 26.2 Å². The van der Waals surface area contributed by atoms with E-state index in [4.69, 9.17) is 5.11 Å². The van der Waals surface area contributed by atoms with Crippen molar-refractivity contribution in [2.24, 2.45) is 0 Å². The SMILES string of the molecule is Cc1nnnn1-c1ccc(C(C)CC(=O)O)cc1. The quantitative estimate of drug-likeness (QED) is 0.885. The van der Waals surface area contributed by atoms with Crippen LogP contribution in [0.2, 0.25) is 0 Å². The van der Waals surface area contributed by atoms with Gasteiger partial charge in [-0.2, -0.15) is 4.68 Å². The zero-order valence-corrected chi connectivity index (χ0v) is 10.2. The first-order chi connectivity index (χ1) is 8.58. The largest absolute Gasteiger partial charge is 0.481 e. The predicted molar refractivity (Wildman–Crippen MR) is 64.6 cm³/mol. The van der Waals surface area contributed by atoms with E-state index in [9.17, 15) is 4.79 Å². The minimum atomic E-state index is -0.789. The average molecular weight is 246 g/mol. The maximum atomic E-state index is 10.7. The topological polar surface area (TPSA) is 80.9 Å². The van der Waals surface area contributed by atoms with Gasteiger partial charge >= 0.3 is 5.97 Å². The highest BCUT2D eigenvalue weighted by atomic mass is 16.4. The summed E-state index contributed by atoms with van der Waals surface area (Å²) in [6, 6.07) is 7.59. The van der Waals surface area contributed by atoms with Gasteiger partial charge in [0.25, 0.3) is 0 Å². The van der Waals surface area contributed by atoms with E-state index < -0.39 is 5.97 Å². The van der Waals surface area contributed by atoms with Gasteiger partial charge in [0, 0.05) is 0 Å². The number of rotatable bonds is 4. The summed E-state index contributed by atoms with van der Waals surface area (Å²) < 4.78 is 1.63. The Morgan fingerprint density at radius 3 is 2.56 bits per heavy atom. The normalized spacial score (nSPS) is 12.3. The van der Waals surface area contributed by atoms with Crippen molar-refractivity contribution in [3.63, 3.8) is 0 Å². The van der Waals surface area contributed by atoms with E-state index in [1.807, 2.05) is 38.1 Å². The summed E-state index contributed by atoms with van der Waals surface area (Å²) in [5, 5.41) is 20.0. The van der Waals surface area contributed by atoms with Crippen molar-refractivity contribution in [2.75, 3.05) is 0 Å². The lowest BCUT2D eigenvalue weighted by molar-refractivity contribution is -0.137. The van der Waals surface area contributed by atoms with Gasteiger partial charge in [0.1, 0.15) is 0 Å². The molecule has 1 aromatic heterocycles. The van der Waals surface area contributed by atoms with E-state index in [1.54, 1.807) is 4.68 Å². The molecule has 18 heavy (non-hydrogen) atoms. The number of carboxylic acids is 1. The molecule has 0 saturated heterocycles. The minimum absolute atomic E-state index is 0.00785. The van der Waals surface area contributed by atoms with E-state index in [0.29, 0.717) is 5.82 Å². The molecule has 0 bridgehead atoms. The van der Waals surface area contributed by atoms with Crippen molar-refractivity contribution in [1.29, 1.82) is 0 Å². The van der Waals surface area contributed by atoms with Crippen LogP contribution in [0.3, 0.4) is 0 Å². The Balaban J connectivity index is 2.20. The van der Waals surface area contributed by atoms with E-state index >= 15 is 0 Å². The summed E-state index contributed by atoms with van der Waals surface area (Å²) in [6.45, 7) is 3.71. The first kappa shape index (κ1) is 12.2. The molecule has 0 radical (unpaired) electrons. The second-order valence-electron chi connectivity index (χ2n) is 4.23. The van der Waals surface area contributed by atoms with Crippen LogP contribution < -0.4 is 0 Å². The molecular formula is C12H14N4O2. The van der Waals surface area contributed by atoms with Gasteiger partial charge in [-0.05, 0) is 41.0 Å². The third-order valence-electron chi connectivity index (χ3n) is 2.81. The Hall–Kier alpha value is -2.24. The highest BCUT2D eigenvalue weighted by Crippen LogP contribution is 2.20.